The first kappa shape index (κ1) is 26.0. The molecule has 10 nitrogen and oxygen atoms in total. The van der Waals surface area contributed by atoms with Crippen molar-refractivity contribution < 1.29 is 29.4 Å². The zero-order valence-corrected chi connectivity index (χ0v) is 21.8. The number of carboxylic acids is 1. The van der Waals surface area contributed by atoms with E-state index < -0.39 is 23.2 Å². The second-order valence-electron chi connectivity index (χ2n) is 11.1. The zero-order chi connectivity index (χ0) is 25.8. The standard InChI is InChI=1S/C24H36N4O6S/c1-12-18-17(13(2)29)22(32)28(18)19(23(33)34)20(12)35-15-7-9-27(21(15)31)14-6-8-26(11-14)16(30)10-25-24(3,4)5/h12-15,17-18,25,29H,6-11H2,1-5H3,(H,33,34)/t12-,13-,14?,15+,17-,18-/m1/s1. The van der Waals surface area contributed by atoms with Gasteiger partial charge in [0, 0.05) is 36.0 Å². The molecule has 0 aromatic rings. The van der Waals surface area contributed by atoms with E-state index in [4.69, 9.17) is 0 Å². The quantitative estimate of drug-likeness (QED) is 0.423. The highest BCUT2D eigenvalue weighted by Crippen LogP contribution is 2.52. The fourth-order valence-electron chi connectivity index (χ4n) is 5.65. The number of thioether (sulfide) groups is 1. The molecule has 0 aliphatic carbocycles. The number of hydrogen-bond acceptors (Lipinski definition) is 7. The third-order valence-electron chi connectivity index (χ3n) is 7.50. The number of aliphatic carboxylic acids is 1. The van der Waals surface area contributed by atoms with Crippen LogP contribution in [-0.4, -0.2) is 104 Å². The van der Waals surface area contributed by atoms with Gasteiger partial charge in [-0.3, -0.25) is 14.4 Å². The van der Waals surface area contributed by atoms with E-state index in [-0.39, 0.29) is 53.5 Å². The van der Waals surface area contributed by atoms with Crippen molar-refractivity contribution in [1.29, 1.82) is 0 Å². The largest absolute Gasteiger partial charge is 0.477 e. The summed E-state index contributed by atoms with van der Waals surface area (Å²) in [6, 6.07) is -0.429. The van der Waals surface area contributed by atoms with Crippen LogP contribution in [0.4, 0.5) is 0 Å². The van der Waals surface area contributed by atoms with E-state index in [0.717, 1.165) is 6.42 Å². The number of nitrogens with one attached hydrogen (secondary N) is 1. The number of aliphatic hydroxyl groups is 1. The molecule has 3 amide bonds. The van der Waals surface area contributed by atoms with Gasteiger partial charge in [0.25, 0.3) is 0 Å². The second kappa shape index (κ2) is 9.40. The van der Waals surface area contributed by atoms with Crippen LogP contribution in [0.25, 0.3) is 0 Å². The fraction of sp³-hybridized carbons (Fsp3) is 0.750. The lowest BCUT2D eigenvalue weighted by Gasteiger charge is -2.46. The van der Waals surface area contributed by atoms with Crippen molar-refractivity contribution in [2.45, 2.75) is 76.4 Å². The Labute approximate surface area is 210 Å². The van der Waals surface area contributed by atoms with Crippen molar-refractivity contribution in [3.8, 4) is 0 Å². The van der Waals surface area contributed by atoms with Gasteiger partial charge in [-0.2, -0.15) is 0 Å². The highest BCUT2D eigenvalue weighted by atomic mass is 32.2. The zero-order valence-electron chi connectivity index (χ0n) is 21.0. The number of carbonyl (C=O) groups is 4. The Morgan fingerprint density at radius 2 is 1.86 bits per heavy atom. The molecular weight excluding hydrogens is 472 g/mol. The summed E-state index contributed by atoms with van der Waals surface area (Å²) < 4.78 is 0. The minimum absolute atomic E-state index is 0.0258. The van der Waals surface area contributed by atoms with Crippen LogP contribution >= 0.6 is 11.8 Å². The van der Waals surface area contributed by atoms with Gasteiger partial charge in [-0.15, -0.1) is 11.8 Å². The van der Waals surface area contributed by atoms with Gasteiger partial charge < -0.3 is 30.2 Å². The monoisotopic (exact) mass is 508 g/mol. The Kier molecular flexibility index (Phi) is 6.98. The third kappa shape index (κ3) is 4.70. The number of β-lactam (4-membered cyclic amide) rings is 1. The van der Waals surface area contributed by atoms with Gasteiger partial charge in [0.05, 0.1) is 35.9 Å². The summed E-state index contributed by atoms with van der Waals surface area (Å²) in [5.74, 6) is -2.46. The maximum Gasteiger partial charge on any atom is 0.353 e. The molecule has 6 atom stereocenters. The molecule has 4 aliphatic heterocycles. The minimum atomic E-state index is -1.18. The highest BCUT2D eigenvalue weighted by molar-refractivity contribution is 8.04. The molecule has 11 heteroatoms. The van der Waals surface area contributed by atoms with Crippen LogP contribution in [0.15, 0.2) is 10.6 Å². The average Bonchev–Trinajstić information content (AvgIpc) is 3.43. The van der Waals surface area contributed by atoms with Gasteiger partial charge in [-0.25, -0.2) is 4.79 Å². The molecule has 0 radical (unpaired) electrons. The summed E-state index contributed by atoms with van der Waals surface area (Å²) in [6.07, 6.45) is 0.451. The number of nitrogens with zero attached hydrogens (tertiary/aromatic N) is 3. The van der Waals surface area contributed by atoms with Crippen LogP contribution in [-0.2, 0) is 19.2 Å². The maximum absolute atomic E-state index is 13.3. The molecule has 4 rings (SSSR count). The molecule has 0 aromatic heterocycles. The molecule has 194 valence electrons. The predicted molar refractivity (Wildman–Crippen MR) is 130 cm³/mol. The van der Waals surface area contributed by atoms with Crippen molar-refractivity contribution >= 4 is 35.5 Å². The number of aliphatic hydroxyl groups excluding tert-OH is 1. The summed E-state index contributed by atoms with van der Waals surface area (Å²) in [5.41, 5.74) is -0.203. The van der Waals surface area contributed by atoms with Crippen molar-refractivity contribution in [3.05, 3.63) is 10.6 Å². The van der Waals surface area contributed by atoms with Gasteiger partial charge in [0.1, 0.15) is 5.70 Å². The lowest BCUT2D eigenvalue weighted by Crippen LogP contribution is -2.63. The molecule has 3 fully saturated rings. The van der Waals surface area contributed by atoms with Gasteiger partial charge in [-0.1, -0.05) is 6.92 Å². The van der Waals surface area contributed by atoms with Crippen LogP contribution in [0, 0.1) is 11.8 Å². The Morgan fingerprint density at radius 1 is 1.17 bits per heavy atom. The lowest BCUT2D eigenvalue weighted by molar-refractivity contribution is -0.163. The van der Waals surface area contributed by atoms with E-state index in [9.17, 15) is 29.4 Å². The Bertz CT molecular complexity index is 960. The predicted octanol–water partition coefficient (Wildman–Crippen LogP) is 0.463. The highest BCUT2D eigenvalue weighted by Gasteiger charge is 2.60. The molecule has 3 N–H and O–H groups in total. The van der Waals surface area contributed by atoms with E-state index in [0.29, 0.717) is 31.0 Å². The van der Waals surface area contributed by atoms with E-state index in [1.165, 1.54) is 16.7 Å². The number of carboxylic acid groups (broad SMARTS) is 1. The summed E-state index contributed by atoms with van der Waals surface area (Å²) >= 11 is 1.25. The number of fused-ring (bicyclic) bond motifs is 1. The third-order valence-corrected chi connectivity index (χ3v) is 9.04. The summed E-state index contributed by atoms with van der Waals surface area (Å²) in [7, 11) is 0. The first-order valence-electron chi connectivity index (χ1n) is 12.3. The normalized spacial score (nSPS) is 31.8. The van der Waals surface area contributed by atoms with E-state index in [1.54, 1.807) is 11.8 Å². The second-order valence-corrected chi connectivity index (χ2v) is 12.3. The van der Waals surface area contributed by atoms with Crippen LogP contribution < -0.4 is 5.32 Å². The van der Waals surface area contributed by atoms with Crippen molar-refractivity contribution in [3.63, 3.8) is 0 Å². The smallest absolute Gasteiger partial charge is 0.353 e. The van der Waals surface area contributed by atoms with Gasteiger partial charge in [-0.05, 0) is 40.5 Å². The summed E-state index contributed by atoms with van der Waals surface area (Å²) in [4.78, 5) is 55.9. The van der Waals surface area contributed by atoms with Gasteiger partial charge in [0.15, 0.2) is 0 Å². The average molecular weight is 509 g/mol. The number of likely N-dealkylation sites (tertiary alicyclic amines) is 2. The molecule has 0 saturated carbocycles. The van der Waals surface area contributed by atoms with Crippen molar-refractivity contribution in [1.82, 2.24) is 20.0 Å². The molecule has 4 aliphatic rings. The van der Waals surface area contributed by atoms with Gasteiger partial charge >= 0.3 is 5.97 Å². The SMILES string of the molecule is C[C@@H](O)[C@H]1C(=O)N2C(C(=O)O)=C(S[C@H]3CCN(C4CCN(C(=O)CNC(C)(C)C)C4)C3=O)[C@H](C)[C@H]12. The Hall–Kier alpha value is -2.11. The Morgan fingerprint density at radius 3 is 2.46 bits per heavy atom. The summed E-state index contributed by atoms with van der Waals surface area (Å²) in [6.45, 7) is 11.4. The van der Waals surface area contributed by atoms with E-state index >= 15 is 0 Å². The number of amides is 3. The van der Waals surface area contributed by atoms with E-state index in [2.05, 4.69) is 5.32 Å². The molecule has 1 unspecified atom stereocenters. The molecule has 35 heavy (non-hydrogen) atoms. The minimum Gasteiger partial charge on any atom is -0.477 e. The molecular formula is C24H36N4O6S. The first-order chi connectivity index (χ1) is 16.3. The van der Waals surface area contributed by atoms with Crippen molar-refractivity contribution in [2.24, 2.45) is 11.8 Å². The van der Waals surface area contributed by atoms with Crippen LogP contribution in [0.2, 0.25) is 0 Å². The summed E-state index contributed by atoms with van der Waals surface area (Å²) in [5, 5.41) is 22.6. The fourth-order valence-corrected chi connectivity index (χ4v) is 7.07. The topological polar surface area (TPSA) is 130 Å². The molecule has 3 saturated heterocycles. The number of rotatable bonds is 7. The number of carbonyl (C=O) groups excluding carboxylic acids is 3. The van der Waals surface area contributed by atoms with Crippen LogP contribution in [0.3, 0.4) is 0 Å². The molecule has 4 heterocycles. The first-order valence-corrected chi connectivity index (χ1v) is 13.2. The van der Waals surface area contributed by atoms with Crippen LogP contribution in [0.1, 0.15) is 47.5 Å². The van der Waals surface area contributed by atoms with Crippen LogP contribution in [0.5, 0.6) is 0 Å². The van der Waals surface area contributed by atoms with E-state index in [1.807, 2.05) is 32.6 Å². The Balaban J connectivity index is 1.40. The molecule has 0 spiro atoms. The molecule has 0 aromatic carbocycles. The molecule has 0 bridgehead atoms. The lowest BCUT2D eigenvalue weighted by atomic mass is 9.79. The maximum atomic E-state index is 13.3. The van der Waals surface area contributed by atoms with Crippen molar-refractivity contribution in [2.75, 3.05) is 26.2 Å². The van der Waals surface area contributed by atoms with Gasteiger partial charge in [0.2, 0.25) is 17.7 Å². The number of hydrogen-bond donors (Lipinski definition) is 3.